The van der Waals surface area contributed by atoms with E-state index in [2.05, 4.69) is 24.3 Å². The molecule has 0 aromatic heterocycles. The summed E-state index contributed by atoms with van der Waals surface area (Å²) in [5.41, 5.74) is 9.59. The van der Waals surface area contributed by atoms with Crippen molar-refractivity contribution in [1.82, 2.24) is 0 Å². The highest BCUT2D eigenvalue weighted by molar-refractivity contribution is 6.09. The van der Waals surface area contributed by atoms with Crippen LogP contribution in [-0.4, -0.2) is 10.4 Å². The van der Waals surface area contributed by atoms with Gasteiger partial charge in [0.2, 0.25) is 0 Å². The van der Waals surface area contributed by atoms with Gasteiger partial charge in [0.25, 0.3) is 5.84 Å². The van der Waals surface area contributed by atoms with Crippen LogP contribution in [0.5, 0.6) is 0 Å². The van der Waals surface area contributed by atoms with Crippen LogP contribution in [0.2, 0.25) is 0 Å². The molecule has 0 radical (unpaired) electrons. The highest BCUT2D eigenvalue weighted by Crippen LogP contribution is 2.29. The monoisotopic (exact) mass is 277 g/mol. The van der Waals surface area contributed by atoms with Gasteiger partial charge in [-0.3, -0.25) is 5.73 Å². The molecule has 2 nitrogen and oxygen atoms in total. The van der Waals surface area contributed by atoms with E-state index in [1.165, 1.54) is 23.1 Å². The Morgan fingerprint density at radius 1 is 0.905 bits per heavy atom. The van der Waals surface area contributed by atoms with Gasteiger partial charge >= 0.3 is 0 Å². The first-order chi connectivity index (χ1) is 10.2. The zero-order chi connectivity index (χ0) is 14.4. The third-order valence-corrected chi connectivity index (χ3v) is 4.03. The lowest BCUT2D eigenvalue weighted by molar-refractivity contribution is -0.453. The van der Waals surface area contributed by atoms with E-state index < -0.39 is 0 Å². The van der Waals surface area contributed by atoms with Crippen molar-refractivity contribution < 1.29 is 8.97 Å². The maximum atomic E-state index is 13.1. The van der Waals surface area contributed by atoms with Crippen LogP contribution < -0.4 is 5.73 Å². The molecular weight excluding hydrogens is 263 g/mol. The number of nitrogens with zero attached hydrogens (tertiary/aromatic N) is 1. The third kappa shape index (κ3) is 1.82. The molecule has 1 aliphatic rings. The van der Waals surface area contributed by atoms with Gasteiger partial charge < -0.3 is 0 Å². The average Bonchev–Trinajstić information content (AvgIpc) is 2.86. The Bertz CT molecular complexity index is 879. The standard InChI is InChI=1S/C18H13FN2/c19-14-7-9-15(10-8-14)21-11-13-6-5-12-3-1-2-4-16(12)17(13)18(21)20/h1-10,20H,11H2/p+1. The summed E-state index contributed by atoms with van der Waals surface area (Å²) in [4.78, 5) is 0. The molecule has 3 aromatic rings. The maximum Gasteiger partial charge on any atom is 0.281 e. The van der Waals surface area contributed by atoms with Crippen molar-refractivity contribution >= 4 is 22.3 Å². The quantitative estimate of drug-likeness (QED) is 0.677. The molecule has 0 saturated carbocycles. The van der Waals surface area contributed by atoms with Crippen molar-refractivity contribution in [2.75, 3.05) is 0 Å². The van der Waals surface area contributed by atoms with Crippen LogP contribution in [0.3, 0.4) is 0 Å². The summed E-state index contributed by atoms with van der Waals surface area (Å²) in [5.74, 6) is 0.493. The van der Waals surface area contributed by atoms with Gasteiger partial charge in [0, 0.05) is 5.56 Å². The first-order valence-electron chi connectivity index (χ1n) is 6.90. The minimum atomic E-state index is -0.237. The molecule has 0 bridgehead atoms. The van der Waals surface area contributed by atoms with Crippen LogP contribution in [0.25, 0.3) is 10.8 Å². The summed E-state index contributed by atoms with van der Waals surface area (Å²) in [6, 6.07) is 18.9. The first-order valence-corrected chi connectivity index (χ1v) is 6.90. The largest absolute Gasteiger partial charge is 0.286 e. The molecule has 0 saturated heterocycles. The van der Waals surface area contributed by atoms with Crippen LogP contribution in [0.1, 0.15) is 11.1 Å². The summed E-state index contributed by atoms with van der Waals surface area (Å²) < 4.78 is 15.1. The SMILES string of the molecule is NC1=[N+](c2ccc(F)cc2)Cc2ccc3ccccc3c21. The van der Waals surface area contributed by atoms with Gasteiger partial charge in [-0.2, -0.15) is 0 Å². The Balaban J connectivity index is 1.94. The minimum Gasteiger partial charge on any atom is -0.286 e. The van der Waals surface area contributed by atoms with E-state index >= 15 is 0 Å². The Morgan fingerprint density at radius 2 is 1.67 bits per heavy atom. The molecule has 21 heavy (non-hydrogen) atoms. The summed E-state index contributed by atoms with van der Waals surface area (Å²) in [5, 5.41) is 2.34. The molecule has 0 unspecified atom stereocenters. The van der Waals surface area contributed by atoms with Crippen molar-refractivity contribution in [3.05, 3.63) is 77.6 Å². The van der Waals surface area contributed by atoms with E-state index in [0.717, 1.165) is 29.0 Å². The Morgan fingerprint density at radius 3 is 2.48 bits per heavy atom. The van der Waals surface area contributed by atoms with Crippen molar-refractivity contribution in [2.24, 2.45) is 5.73 Å². The zero-order valence-electron chi connectivity index (χ0n) is 11.4. The molecule has 2 N–H and O–H groups in total. The molecule has 3 heteroatoms. The van der Waals surface area contributed by atoms with Crippen LogP contribution in [0, 0.1) is 5.82 Å². The number of rotatable bonds is 1. The van der Waals surface area contributed by atoms with E-state index in [1.807, 2.05) is 16.7 Å². The predicted octanol–water partition coefficient (Wildman–Crippen LogP) is 3.54. The van der Waals surface area contributed by atoms with E-state index in [0.29, 0.717) is 0 Å². The number of hydrogen-bond donors (Lipinski definition) is 1. The highest BCUT2D eigenvalue weighted by atomic mass is 19.1. The molecule has 0 spiro atoms. The second-order valence-corrected chi connectivity index (χ2v) is 5.27. The van der Waals surface area contributed by atoms with Crippen LogP contribution in [0.15, 0.2) is 60.7 Å². The molecule has 1 heterocycles. The summed E-state index contributed by atoms with van der Waals surface area (Å²) in [7, 11) is 0. The van der Waals surface area contributed by atoms with Gasteiger partial charge in [-0.15, -0.1) is 0 Å². The second kappa shape index (κ2) is 4.42. The Hall–Kier alpha value is -2.68. The zero-order valence-corrected chi connectivity index (χ0v) is 11.4. The fourth-order valence-electron chi connectivity index (χ4n) is 2.99. The topological polar surface area (TPSA) is 29.0 Å². The van der Waals surface area contributed by atoms with Gasteiger partial charge in [0.05, 0.1) is 5.56 Å². The lowest BCUT2D eigenvalue weighted by Gasteiger charge is -2.02. The lowest BCUT2D eigenvalue weighted by atomic mass is 10.00. The number of hydrogen-bond acceptors (Lipinski definition) is 1. The van der Waals surface area contributed by atoms with E-state index in [9.17, 15) is 4.39 Å². The van der Waals surface area contributed by atoms with Gasteiger partial charge in [-0.1, -0.05) is 36.4 Å². The van der Waals surface area contributed by atoms with E-state index in [-0.39, 0.29) is 5.82 Å². The number of fused-ring (bicyclic) bond motifs is 3. The normalized spacial score (nSPS) is 13.8. The molecule has 0 atom stereocenters. The van der Waals surface area contributed by atoms with Crippen molar-refractivity contribution in [3.63, 3.8) is 0 Å². The summed E-state index contributed by atoms with van der Waals surface area (Å²) >= 11 is 0. The molecule has 102 valence electrons. The predicted molar refractivity (Wildman–Crippen MR) is 82.3 cm³/mol. The Kier molecular flexibility index (Phi) is 2.54. The minimum absolute atomic E-state index is 0.237. The van der Waals surface area contributed by atoms with Crippen LogP contribution in [-0.2, 0) is 6.54 Å². The van der Waals surface area contributed by atoms with E-state index in [4.69, 9.17) is 5.73 Å². The van der Waals surface area contributed by atoms with Crippen molar-refractivity contribution in [3.8, 4) is 0 Å². The van der Waals surface area contributed by atoms with Gasteiger partial charge in [0.1, 0.15) is 18.0 Å². The van der Waals surface area contributed by atoms with Crippen molar-refractivity contribution in [1.29, 1.82) is 0 Å². The summed E-state index contributed by atoms with van der Waals surface area (Å²) in [6.07, 6.45) is 0. The summed E-state index contributed by atoms with van der Waals surface area (Å²) in [6.45, 7) is 0.720. The number of nitrogens with two attached hydrogens (primary N) is 1. The number of benzene rings is 3. The molecular formula is C18H14FN2+. The molecule has 0 fully saturated rings. The van der Waals surface area contributed by atoms with Gasteiger partial charge in [-0.25, -0.2) is 8.97 Å². The molecule has 0 amide bonds. The van der Waals surface area contributed by atoms with Gasteiger partial charge in [-0.05, 0) is 35.0 Å². The average molecular weight is 277 g/mol. The fourth-order valence-corrected chi connectivity index (χ4v) is 2.99. The Labute approximate surface area is 122 Å². The third-order valence-electron chi connectivity index (χ3n) is 4.03. The lowest BCUT2D eigenvalue weighted by Crippen LogP contribution is -2.20. The maximum absolute atomic E-state index is 13.1. The second-order valence-electron chi connectivity index (χ2n) is 5.27. The molecule has 1 aliphatic heterocycles. The number of halogens is 1. The molecule has 4 rings (SSSR count). The molecule has 3 aromatic carbocycles. The van der Waals surface area contributed by atoms with Gasteiger partial charge in [0.15, 0.2) is 0 Å². The van der Waals surface area contributed by atoms with E-state index in [1.54, 1.807) is 12.1 Å². The van der Waals surface area contributed by atoms with Crippen molar-refractivity contribution in [2.45, 2.75) is 6.54 Å². The molecule has 0 aliphatic carbocycles. The first kappa shape index (κ1) is 12.1. The highest BCUT2D eigenvalue weighted by Gasteiger charge is 2.27. The van der Waals surface area contributed by atoms with Crippen LogP contribution in [0.4, 0.5) is 10.1 Å². The van der Waals surface area contributed by atoms with Crippen LogP contribution >= 0.6 is 0 Å². The fraction of sp³-hybridized carbons (Fsp3) is 0.0556. The number of amidine groups is 1. The smallest absolute Gasteiger partial charge is 0.281 e.